The van der Waals surface area contributed by atoms with Crippen LogP contribution in [0.5, 0.6) is 0 Å². The molecule has 0 spiro atoms. The molecule has 0 saturated heterocycles. The molecule has 2 N–H and O–H groups in total. The predicted molar refractivity (Wildman–Crippen MR) is 43.2 cm³/mol. The molecular weight excluding hydrogens is 182 g/mol. The quantitative estimate of drug-likeness (QED) is 0.688. The summed E-state index contributed by atoms with van der Waals surface area (Å²) in [6.45, 7) is 5.16. The Hall–Kier alpha value is -0.620. The maximum atomic E-state index is 10.9. The number of carbonyl (C=O) groups excluding carboxylic acids is 1. The van der Waals surface area contributed by atoms with E-state index in [-0.39, 0.29) is 5.92 Å². The average Bonchev–Trinajstić information content (AvgIpc) is 1.82. The summed E-state index contributed by atoms with van der Waals surface area (Å²) < 4.78 is 24.6. The van der Waals surface area contributed by atoms with Gasteiger partial charge in [0.1, 0.15) is 0 Å². The number of rotatable bonds is 3. The second kappa shape index (κ2) is 3.86. The van der Waals surface area contributed by atoms with Crippen LogP contribution in [0.4, 0.5) is 0 Å². The van der Waals surface area contributed by atoms with Gasteiger partial charge >= 0.3 is 16.3 Å². The molecule has 0 amide bonds. The first kappa shape index (κ1) is 11.4. The number of hydrogen-bond acceptors (Lipinski definition) is 4. The third-order valence-corrected chi connectivity index (χ3v) is 1.97. The lowest BCUT2D eigenvalue weighted by Gasteiger charge is -2.12. The van der Waals surface area contributed by atoms with Gasteiger partial charge in [0.15, 0.2) is 0 Å². The van der Waals surface area contributed by atoms with Crippen LogP contribution in [0.2, 0.25) is 0 Å². The minimum absolute atomic E-state index is 0.0271. The first-order valence-electron chi connectivity index (χ1n) is 3.50. The minimum atomic E-state index is -4.15. The summed E-state index contributed by atoms with van der Waals surface area (Å²) in [7, 11) is -4.15. The molecule has 0 aliphatic rings. The Balaban J connectivity index is 4.25. The van der Waals surface area contributed by atoms with Crippen LogP contribution in [0, 0.1) is 11.8 Å². The van der Waals surface area contributed by atoms with E-state index in [1.54, 1.807) is 20.8 Å². The summed E-state index contributed by atoms with van der Waals surface area (Å²) >= 11 is 0. The van der Waals surface area contributed by atoms with Crippen molar-refractivity contribution in [1.82, 2.24) is 0 Å². The van der Waals surface area contributed by atoms with Crippen LogP contribution in [-0.4, -0.2) is 14.4 Å². The molecule has 0 saturated carbocycles. The number of hydrogen-bond donors (Lipinski definition) is 1. The van der Waals surface area contributed by atoms with Gasteiger partial charge in [-0.1, -0.05) is 20.8 Å². The van der Waals surface area contributed by atoms with E-state index < -0.39 is 22.2 Å². The van der Waals surface area contributed by atoms with E-state index in [2.05, 4.69) is 9.32 Å². The highest BCUT2D eigenvalue weighted by Gasteiger charge is 2.21. The molecule has 5 nitrogen and oxygen atoms in total. The second-order valence-corrected chi connectivity index (χ2v) is 4.08. The lowest BCUT2D eigenvalue weighted by atomic mass is 9.99. The highest BCUT2D eigenvalue weighted by Crippen LogP contribution is 2.11. The van der Waals surface area contributed by atoms with E-state index in [1.165, 1.54) is 0 Å². The number of carbonyl (C=O) groups is 1. The first-order chi connectivity index (χ1) is 5.24. The van der Waals surface area contributed by atoms with Crippen LogP contribution in [-0.2, 0) is 19.3 Å². The summed E-state index contributed by atoms with van der Waals surface area (Å²) in [5, 5.41) is 4.50. The van der Waals surface area contributed by atoms with Gasteiger partial charge in [-0.25, -0.2) is 0 Å². The minimum Gasteiger partial charge on any atom is -0.334 e. The largest absolute Gasteiger partial charge is 0.382 e. The Kier molecular flexibility index (Phi) is 3.66. The van der Waals surface area contributed by atoms with Gasteiger partial charge in [-0.05, 0) is 5.92 Å². The van der Waals surface area contributed by atoms with Gasteiger partial charge in [0.2, 0.25) is 0 Å². The SMILES string of the molecule is CC(C)C(C)C(=O)OS(N)(=O)=O. The van der Waals surface area contributed by atoms with E-state index in [9.17, 15) is 13.2 Å². The Bertz CT molecular complexity index is 257. The van der Waals surface area contributed by atoms with E-state index in [0.29, 0.717) is 0 Å². The maximum absolute atomic E-state index is 10.9. The van der Waals surface area contributed by atoms with Crippen molar-refractivity contribution in [3.63, 3.8) is 0 Å². The van der Waals surface area contributed by atoms with Gasteiger partial charge < -0.3 is 4.18 Å². The maximum Gasteiger partial charge on any atom is 0.382 e. The third kappa shape index (κ3) is 4.30. The lowest BCUT2D eigenvalue weighted by molar-refractivity contribution is -0.139. The van der Waals surface area contributed by atoms with Crippen molar-refractivity contribution >= 4 is 16.3 Å². The smallest absolute Gasteiger partial charge is 0.334 e. The molecule has 0 aromatic heterocycles. The molecule has 72 valence electrons. The molecule has 0 fully saturated rings. The molecule has 0 aromatic carbocycles. The summed E-state index contributed by atoms with van der Waals surface area (Å²) in [5.41, 5.74) is 0. The molecule has 12 heavy (non-hydrogen) atoms. The van der Waals surface area contributed by atoms with Gasteiger partial charge in [0.25, 0.3) is 0 Å². The Labute approximate surface area is 72.1 Å². The van der Waals surface area contributed by atoms with Crippen molar-refractivity contribution in [3.05, 3.63) is 0 Å². The fourth-order valence-corrected chi connectivity index (χ4v) is 0.843. The van der Waals surface area contributed by atoms with Gasteiger partial charge in [-0.15, -0.1) is 0 Å². The fourth-order valence-electron chi connectivity index (χ4n) is 0.463. The Morgan fingerprint density at radius 3 is 2.00 bits per heavy atom. The zero-order chi connectivity index (χ0) is 9.94. The molecule has 0 aliphatic carbocycles. The molecule has 0 heterocycles. The van der Waals surface area contributed by atoms with Crippen LogP contribution < -0.4 is 5.14 Å². The van der Waals surface area contributed by atoms with Crippen molar-refractivity contribution in [2.75, 3.05) is 0 Å². The molecule has 0 bridgehead atoms. The summed E-state index contributed by atoms with van der Waals surface area (Å²) in [6.07, 6.45) is 0. The van der Waals surface area contributed by atoms with Crippen LogP contribution in [0.3, 0.4) is 0 Å². The van der Waals surface area contributed by atoms with E-state index in [4.69, 9.17) is 0 Å². The zero-order valence-corrected chi connectivity index (χ0v) is 8.09. The zero-order valence-electron chi connectivity index (χ0n) is 7.27. The van der Waals surface area contributed by atoms with Crippen LogP contribution in [0.1, 0.15) is 20.8 Å². The van der Waals surface area contributed by atoms with Gasteiger partial charge in [0.05, 0.1) is 5.92 Å². The standard InChI is InChI=1S/C6H13NO4S/c1-4(2)5(3)6(8)11-12(7,9)10/h4-5H,1-3H3,(H2,7,9,10). The average molecular weight is 195 g/mol. The molecule has 0 aliphatic heterocycles. The molecule has 0 radical (unpaired) electrons. The molecular formula is C6H13NO4S. The van der Waals surface area contributed by atoms with Crippen molar-refractivity contribution in [2.45, 2.75) is 20.8 Å². The topological polar surface area (TPSA) is 86.5 Å². The predicted octanol–water partition coefficient (Wildman–Crippen LogP) is 0.0252. The first-order valence-corrected chi connectivity index (χ1v) is 4.97. The number of nitrogens with two attached hydrogens (primary N) is 1. The molecule has 0 rings (SSSR count). The van der Waals surface area contributed by atoms with E-state index in [1.807, 2.05) is 0 Å². The van der Waals surface area contributed by atoms with Crippen molar-refractivity contribution < 1.29 is 17.4 Å². The highest BCUT2D eigenvalue weighted by atomic mass is 32.2. The molecule has 1 unspecified atom stereocenters. The summed E-state index contributed by atoms with van der Waals surface area (Å²) in [4.78, 5) is 10.9. The third-order valence-electron chi connectivity index (χ3n) is 1.57. The highest BCUT2D eigenvalue weighted by molar-refractivity contribution is 7.84. The summed E-state index contributed by atoms with van der Waals surface area (Å²) in [5.74, 6) is -1.25. The second-order valence-electron chi connectivity index (χ2n) is 2.93. The molecule has 1 atom stereocenters. The Morgan fingerprint density at radius 1 is 1.33 bits per heavy atom. The van der Waals surface area contributed by atoms with Crippen molar-refractivity contribution in [1.29, 1.82) is 0 Å². The van der Waals surface area contributed by atoms with Crippen LogP contribution in [0.25, 0.3) is 0 Å². The molecule has 0 aromatic rings. The lowest BCUT2D eigenvalue weighted by Crippen LogP contribution is -2.26. The van der Waals surface area contributed by atoms with E-state index in [0.717, 1.165) is 0 Å². The van der Waals surface area contributed by atoms with Crippen molar-refractivity contribution in [2.24, 2.45) is 17.0 Å². The Morgan fingerprint density at radius 2 is 1.75 bits per heavy atom. The van der Waals surface area contributed by atoms with Crippen molar-refractivity contribution in [3.8, 4) is 0 Å². The van der Waals surface area contributed by atoms with Gasteiger partial charge in [0, 0.05) is 0 Å². The summed E-state index contributed by atoms with van der Waals surface area (Å²) in [6, 6.07) is 0. The van der Waals surface area contributed by atoms with Gasteiger partial charge in [-0.3, -0.25) is 4.79 Å². The normalized spacial score (nSPS) is 14.4. The monoisotopic (exact) mass is 195 g/mol. The van der Waals surface area contributed by atoms with Crippen LogP contribution in [0.15, 0.2) is 0 Å². The fraction of sp³-hybridized carbons (Fsp3) is 0.833. The van der Waals surface area contributed by atoms with Gasteiger partial charge in [-0.2, -0.15) is 13.6 Å². The van der Waals surface area contributed by atoms with E-state index >= 15 is 0 Å². The van der Waals surface area contributed by atoms with Crippen LogP contribution >= 0.6 is 0 Å². The molecule has 6 heteroatoms.